The molecule has 250 valence electrons. The molecule has 0 radical (unpaired) electrons. The van der Waals surface area contributed by atoms with E-state index in [1.54, 1.807) is 7.11 Å². The summed E-state index contributed by atoms with van der Waals surface area (Å²) in [5.74, 6) is 1.55. The molecule has 0 unspecified atom stereocenters. The van der Waals surface area contributed by atoms with E-state index in [4.69, 9.17) is 26.1 Å². The molecule has 6 nitrogen and oxygen atoms in total. The number of amidine groups is 1. The summed E-state index contributed by atoms with van der Waals surface area (Å²) in [7, 11) is 1.60. The fraction of sp³-hybridized carbons (Fsp3) is 0.190. The number of nitrogens with zero attached hydrogens (tertiary/aromatic N) is 2. The third-order valence-electron chi connectivity index (χ3n) is 9.71. The van der Waals surface area contributed by atoms with E-state index in [1.165, 1.54) is 39.7 Å². The van der Waals surface area contributed by atoms with Gasteiger partial charge in [-0.25, -0.2) is 4.99 Å². The minimum absolute atomic E-state index is 0.179. The molecule has 50 heavy (non-hydrogen) atoms. The largest absolute Gasteiger partial charge is 0.493 e. The van der Waals surface area contributed by atoms with Gasteiger partial charge in [-0.05, 0) is 88.8 Å². The minimum Gasteiger partial charge on any atom is -0.493 e. The predicted octanol–water partition coefficient (Wildman–Crippen LogP) is 9.70. The fourth-order valence-electron chi connectivity index (χ4n) is 7.32. The van der Waals surface area contributed by atoms with Crippen LogP contribution < -0.4 is 19.7 Å². The summed E-state index contributed by atoms with van der Waals surface area (Å²) < 4.78 is 11.7. The van der Waals surface area contributed by atoms with Gasteiger partial charge in [0, 0.05) is 41.2 Å². The summed E-state index contributed by atoms with van der Waals surface area (Å²) in [6.07, 6.45) is 3.96. The lowest BCUT2D eigenvalue weighted by atomic mass is 9.76. The van der Waals surface area contributed by atoms with Crippen molar-refractivity contribution in [1.29, 1.82) is 0 Å². The summed E-state index contributed by atoms with van der Waals surface area (Å²) in [6.45, 7) is 2.39. The van der Waals surface area contributed by atoms with Crippen LogP contribution in [0.2, 0.25) is 5.02 Å². The van der Waals surface area contributed by atoms with E-state index < -0.39 is 0 Å². The van der Waals surface area contributed by atoms with Crippen molar-refractivity contribution in [2.24, 2.45) is 4.99 Å². The Kier molecular flexibility index (Phi) is 9.09. The van der Waals surface area contributed by atoms with Gasteiger partial charge in [0.2, 0.25) is 0 Å². The van der Waals surface area contributed by atoms with Gasteiger partial charge in [0.05, 0.1) is 17.7 Å². The number of hydrogen-bond acceptors (Lipinski definition) is 6. The van der Waals surface area contributed by atoms with Crippen LogP contribution in [0.25, 0.3) is 6.08 Å². The molecular weight excluding hydrogens is 662 g/mol. The van der Waals surface area contributed by atoms with Crippen LogP contribution >= 0.6 is 23.4 Å². The highest BCUT2D eigenvalue weighted by Gasteiger charge is 2.35. The average molecular weight is 698 g/mol. The lowest BCUT2D eigenvalue weighted by Gasteiger charge is -2.43. The molecule has 5 aromatic carbocycles. The Hall–Kier alpha value is -4.98. The molecule has 3 aliphatic heterocycles. The summed E-state index contributed by atoms with van der Waals surface area (Å²) in [6, 6.07) is 39.3. The molecule has 8 rings (SSSR count). The Labute approximate surface area is 301 Å². The van der Waals surface area contributed by atoms with Gasteiger partial charge in [0.15, 0.2) is 16.7 Å². The molecule has 1 N–H and O–H groups in total. The highest BCUT2D eigenvalue weighted by atomic mass is 35.5. The highest BCUT2D eigenvalue weighted by Crippen LogP contribution is 2.50. The van der Waals surface area contributed by atoms with Crippen molar-refractivity contribution in [3.8, 4) is 11.5 Å². The van der Waals surface area contributed by atoms with Crippen molar-refractivity contribution >= 4 is 51.9 Å². The van der Waals surface area contributed by atoms with E-state index in [1.807, 2.05) is 48.5 Å². The van der Waals surface area contributed by atoms with Crippen LogP contribution in [0.15, 0.2) is 125 Å². The first-order valence-electron chi connectivity index (χ1n) is 16.9. The number of anilines is 1. The second kappa shape index (κ2) is 14.1. The number of amides is 1. The second-order valence-corrected chi connectivity index (χ2v) is 14.2. The first-order valence-corrected chi connectivity index (χ1v) is 18.1. The maximum atomic E-state index is 13.2. The van der Waals surface area contributed by atoms with Gasteiger partial charge in [-0.3, -0.25) is 4.79 Å². The van der Waals surface area contributed by atoms with Gasteiger partial charge in [-0.15, -0.1) is 0 Å². The van der Waals surface area contributed by atoms with Gasteiger partial charge in [0.25, 0.3) is 5.91 Å². The molecule has 0 spiro atoms. The topological polar surface area (TPSA) is 63.2 Å². The van der Waals surface area contributed by atoms with Gasteiger partial charge in [-0.1, -0.05) is 96.5 Å². The lowest BCUT2D eigenvalue weighted by Crippen LogP contribution is -2.37. The lowest BCUT2D eigenvalue weighted by molar-refractivity contribution is -0.115. The van der Waals surface area contributed by atoms with Crippen LogP contribution in [0, 0.1) is 0 Å². The Balaban J connectivity index is 1.10. The first-order chi connectivity index (χ1) is 24.5. The Bertz CT molecular complexity index is 2050. The minimum atomic E-state index is -0.179. The number of rotatable bonds is 8. The smallest absolute Gasteiger partial charge is 0.264 e. The molecule has 1 amide bonds. The van der Waals surface area contributed by atoms with Crippen molar-refractivity contribution in [2.45, 2.75) is 31.3 Å². The number of halogens is 1. The van der Waals surface area contributed by atoms with E-state index >= 15 is 0 Å². The molecule has 2 atom stereocenters. The number of carbonyl (C=O) groups excluding carboxylic acids is 1. The predicted molar refractivity (Wildman–Crippen MR) is 204 cm³/mol. The zero-order chi connectivity index (χ0) is 34.0. The normalized spacial score (nSPS) is 19.7. The summed E-state index contributed by atoms with van der Waals surface area (Å²) in [4.78, 5) is 21.4. The van der Waals surface area contributed by atoms with Gasteiger partial charge in [0.1, 0.15) is 6.61 Å². The van der Waals surface area contributed by atoms with Crippen molar-refractivity contribution in [1.82, 2.24) is 5.32 Å². The van der Waals surface area contributed by atoms with Crippen LogP contribution in [-0.2, 0) is 11.4 Å². The molecular formula is C42H36ClN3O3S. The van der Waals surface area contributed by atoms with E-state index in [2.05, 4.69) is 83.0 Å². The number of aliphatic imine (C=N–C) groups is 1. The summed E-state index contributed by atoms with van der Waals surface area (Å²) in [5, 5.41) is 4.23. The third kappa shape index (κ3) is 6.51. The molecule has 1 saturated heterocycles. The molecule has 5 aromatic rings. The number of methoxy groups -OCH3 is 1. The highest BCUT2D eigenvalue weighted by molar-refractivity contribution is 8.18. The molecule has 3 aliphatic rings. The quantitative estimate of drug-likeness (QED) is 0.164. The van der Waals surface area contributed by atoms with Gasteiger partial charge >= 0.3 is 0 Å². The number of carbonyl (C=O) groups is 1. The van der Waals surface area contributed by atoms with E-state index in [9.17, 15) is 4.79 Å². The molecule has 0 aliphatic carbocycles. The van der Waals surface area contributed by atoms with E-state index in [-0.39, 0.29) is 17.7 Å². The van der Waals surface area contributed by atoms with Crippen LogP contribution in [-0.4, -0.2) is 31.3 Å². The molecule has 0 aromatic heterocycles. The third-order valence-corrected chi connectivity index (χ3v) is 11.0. The van der Waals surface area contributed by atoms with Crippen LogP contribution in [0.4, 0.5) is 11.4 Å². The zero-order valence-electron chi connectivity index (χ0n) is 27.6. The van der Waals surface area contributed by atoms with Crippen LogP contribution in [0.5, 0.6) is 11.5 Å². The SMILES string of the molecule is COc1cc(/C=C2\SC(=Nc3cc4c5c(c3)[C@H](c3ccccc3)CCN5CC[C@@H]4c3ccccc3)NC2=O)ccc1OCc1ccccc1Cl. The van der Waals surface area contributed by atoms with Gasteiger partial charge < -0.3 is 19.7 Å². The number of hydrogen-bond donors (Lipinski definition) is 1. The Morgan fingerprint density at radius 2 is 1.48 bits per heavy atom. The van der Waals surface area contributed by atoms with Gasteiger partial charge in [-0.2, -0.15) is 0 Å². The van der Waals surface area contributed by atoms with Crippen molar-refractivity contribution in [3.63, 3.8) is 0 Å². The summed E-state index contributed by atoms with van der Waals surface area (Å²) in [5.41, 5.74) is 9.19. The van der Waals surface area contributed by atoms with Crippen molar-refractivity contribution in [3.05, 3.63) is 159 Å². The summed E-state index contributed by atoms with van der Waals surface area (Å²) >= 11 is 7.66. The molecule has 8 heteroatoms. The second-order valence-electron chi connectivity index (χ2n) is 12.7. The fourth-order valence-corrected chi connectivity index (χ4v) is 8.35. The molecule has 3 heterocycles. The van der Waals surface area contributed by atoms with Crippen LogP contribution in [0.3, 0.4) is 0 Å². The monoisotopic (exact) mass is 697 g/mol. The van der Waals surface area contributed by atoms with Crippen LogP contribution in [0.1, 0.15) is 58.1 Å². The number of ether oxygens (including phenoxy) is 2. The molecule has 1 fully saturated rings. The molecule has 0 saturated carbocycles. The standard InChI is InChI=1S/C42H36ClN3O3S/c1-48-38-22-27(16-17-37(38)49-26-30-14-8-9-15-36(30)43)23-39-41(47)45-42(50-39)44-31-24-34-32(28-10-4-2-5-11-28)18-20-46-21-19-33(35(25-31)40(34)46)29-12-6-3-7-13-29/h2-17,22-25,32-33H,18-21,26H2,1H3,(H,44,45,47)/b39-23-/t32-,33+. The first kappa shape index (κ1) is 32.2. The number of benzene rings is 5. The maximum absolute atomic E-state index is 13.2. The van der Waals surface area contributed by atoms with Crippen molar-refractivity contribution in [2.75, 3.05) is 25.1 Å². The van der Waals surface area contributed by atoms with E-state index in [0.29, 0.717) is 33.2 Å². The Morgan fingerprint density at radius 3 is 2.12 bits per heavy atom. The average Bonchev–Trinajstić information content (AvgIpc) is 3.49. The van der Waals surface area contributed by atoms with E-state index in [0.717, 1.165) is 42.7 Å². The number of thioether (sulfide) groups is 1. The number of nitrogens with one attached hydrogen (secondary N) is 1. The van der Waals surface area contributed by atoms with Crippen molar-refractivity contribution < 1.29 is 14.3 Å². The zero-order valence-corrected chi connectivity index (χ0v) is 29.2. The maximum Gasteiger partial charge on any atom is 0.264 e. The Morgan fingerprint density at radius 1 is 0.840 bits per heavy atom. The molecule has 0 bridgehead atoms.